The van der Waals surface area contributed by atoms with E-state index in [2.05, 4.69) is 0 Å². The number of rotatable bonds is 11. The Morgan fingerprint density at radius 1 is 0.750 bits per heavy atom. The van der Waals surface area contributed by atoms with E-state index in [9.17, 15) is 33.6 Å². The predicted molar refractivity (Wildman–Crippen MR) is 194 cm³/mol. The van der Waals surface area contributed by atoms with Crippen LogP contribution in [0.15, 0.2) is 43.4 Å². The smallest absolute Gasteiger partial charge is 0.346 e. The van der Waals surface area contributed by atoms with E-state index in [4.69, 9.17) is 23.7 Å². The Morgan fingerprint density at radius 2 is 1.25 bits per heavy atom. The van der Waals surface area contributed by atoms with Crippen molar-refractivity contribution in [1.29, 1.82) is 0 Å². The second-order valence-electron chi connectivity index (χ2n) is 11.9. The number of carbonyl (C=O) groups excluding carboxylic acids is 7. The van der Waals surface area contributed by atoms with Crippen LogP contribution < -0.4 is 9.64 Å². The quantitative estimate of drug-likeness (QED) is 0.177. The van der Waals surface area contributed by atoms with E-state index in [0.717, 1.165) is 40.2 Å². The zero-order valence-electron chi connectivity index (χ0n) is 29.7. The van der Waals surface area contributed by atoms with Gasteiger partial charge in [0.25, 0.3) is 0 Å². The van der Waals surface area contributed by atoms with Crippen LogP contribution in [0, 0.1) is 0 Å². The van der Waals surface area contributed by atoms with Gasteiger partial charge in [-0.3, -0.25) is 19.3 Å². The number of fused-ring (bicyclic) bond motifs is 3. The number of nitrogens with zero attached hydrogens (tertiary/aromatic N) is 2. The summed E-state index contributed by atoms with van der Waals surface area (Å²) in [5.74, 6) is -4.64. The number of esters is 4. The molecule has 14 nitrogen and oxygen atoms in total. The van der Waals surface area contributed by atoms with Crippen LogP contribution in [0.2, 0.25) is 0 Å². The first-order valence-electron chi connectivity index (χ1n) is 16.5. The lowest BCUT2D eigenvalue weighted by Gasteiger charge is -2.51. The minimum absolute atomic E-state index is 0.00561. The van der Waals surface area contributed by atoms with Gasteiger partial charge in [-0.1, -0.05) is 35.3 Å². The Labute approximate surface area is 313 Å². The van der Waals surface area contributed by atoms with Crippen molar-refractivity contribution in [3.8, 4) is 5.75 Å². The number of hydrogen-bond donors (Lipinski definition) is 0. The molecule has 0 aromatic heterocycles. The van der Waals surface area contributed by atoms with Crippen molar-refractivity contribution in [2.45, 2.75) is 64.0 Å². The molecule has 5 rings (SSSR count). The third-order valence-electron chi connectivity index (χ3n) is 8.40. The molecule has 4 heterocycles. The predicted octanol–water partition coefficient (Wildman–Crippen LogP) is 4.32. The average molecular weight is 775 g/mol. The molecule has 1 aromatic rings. The summed E-state index contributed by atoms with van der Waals surface area (Å²) < 4.78 is 25.6. The SMILES string of the molecule is CCOC(=O)C1=C(C(=O)OCC)SC2(S1)C(C(=O)OCC)=C(C(=O)OCC)SC1=C2c2cc(OC)ccc2N(C(=O)CN2C(=O)CCC2=O)C1(C)C. The summed E-state index contributed by atoms with van der Waals surface area (Å²) in [7, 11) is 1.45. The standard InChI is InChI=1S/C35H38N2O12S3/c1-8-46-30(41)25-26(31(42)47-9-2)50-29-24(35(25)51-27(32(43)48-10-3)28(52-35)33(44)49-11-4)19-16-18(45-7)12-13-20(19)37(34(29,5)6)23(40)17-36-21(38)14-15-22(36)39/h12-13,16H,8-11,14-15,17H2,1-7H3. The van der Waals surface area contributed by atoms with Gasteiger partial charge in [0.05, 0.1) is 50.3 Å². The van der Waals surface area contributed by atoms with Gasteiger partial charge in [0.2, 0.25) is 17.7 Å². The molecule has 1 saturated heterocycles. The van der Waals surface area contributed by atoms with Gasteiger partial charge in [-0.15, -0.1) is 0 Å². The van der Waals surface area contributed by atoms with Crippen molar-refractivity contribution >= 4 is 88.1 Å². The Kier molecular flexibility index (Phi) is 11.6. The van der Waals surface area contributed by atoms with E-state index < -0.39 is 57.8 Å². The monoisotopic (exact) mass is 774 g/mol. The average Bonchev–Trinajstić information content (AvgIpc) is 3.64. The van der Waals surface area contributed by atoms with Gasteiger partial charge in [-0.05, 0) is 59.7 Å². The van der Waals surface area contributed by atoms with E-state index in [0.29, 0.717) is 27.5 Å². The summed E-state index contributed by atoms with van der Waals surface area (Å²) in [4.78, 5) is 97.2. The number of hydrogen-bond acceptors (Lipinski definition) is 15. The molecule has 3 amide bonds. The van der Waals surface area contributed by atoms with E-state index in [1.54, 1.807) is 59.7 Å². The normalized spacial score (nSPS) is 18.8. The fourth-order valence-corrected chi connectivity index (χ4v) is 11.3. The minimum Gasteiger partial charge on any atom is -0.497 e. The van der Waals surface area contributed by atoms with Gasteiger partial charge in [-0.25, -0.2) is 19.2 Å². The van der Waals surface area contributed by atoms with Crippen LogP contribution >= 0.6 is 35.3 Å². The number of anilines is 1. The van der Waals surface area contributed by atoms with Crippen LogP contribution in [0.4, 0.5) is 5.69 Å². The number of amides is 3. The van der Waals surface area contributed by atoms with Crippen molar-refractivity contribution in [2.24, 2.45) is 0 Å². The molecule has 4 aliphatic heterocycles. The molecular formula is C35H38N2O12S3. The first-order valence-corrected chi connectivity index (χ1v) is 19.0. The highest BCUT2D eigenvalue weighted by atomic mass is 32.2. The van der Waals surface area contributed by atoms with Crippen LogP contribution in [0.3, 0.4) is 0 Å². The summed E-state index contributed by atoms with van der Waals surface area (Å²) in [6.07, 6.45) is -0.0112. The third-order valence-corrected chi connectivity index (χ3v) is 13.1. The van der Waals surface area contributed by atoms with Gasteiger partial charge in [0.1, 0.15) is 31.1 Å². The van der Waals surface area contributed by atoms with E-state index in [1.165, 1.54) is 12.0 Å². The molecule has 4 aliphatic rings. The lowest BCUT2D eigenvalue weighted by atomic mass is 9.83. The van der Waals surface area contributed by atoms with Gasteiger partial charge in [-0.2, -0.15) is 0 Å². The van der Waals surface area contributed by atoms with Gasteiger partial charge in [0, 0.05) is 28.9 Å². The van der Waals surface area contributed by atoms with E-state index in [-0.39, 0.29) is 59.6 Å². The second kappa shape index (κ2) is 15.4. The first-order chi connectivity index (χ1) is 24.7. The topological polar surface area (TPSA) is 172 Å². The summed E-state index contributed by atoms with van der Waals surface area (Å²) >= 11 is 2.57. The zero-order chi connectivity index (χ0) is 38.1. The molecule has 17 heteroatoms. The molecule has 1 aromatic carbocycles. The molecule has 0 atom stereocenters. The largest absolute Gasteiger partial charge is 0.497 e. The molecule has 0 N–H and O–H groups in total. The zero-order valence-corrected chi connectivity index (χ0v) is 32.1. The van der Waals surface area contributed by atoms with E-state index >= 15 is 0 Å². The summed E-state index contributed by atoms with van der Waals surface area (Å²) in [6, 6.07) is 4.90. The summed E-state index contributed by atoms with van der Waals surface area (Å²) in [5.41, 5.74) is -0.481. The van der Waals surface area contributed by atoms with Crippen LogP contribution in [0.5, 0.6) is 5.75 Å². The van der Waals surface area contributed by atoms with Crippen molar-refractivity contribution in [3.05, 3.63) is 49.0 Å². The summed E-state index contributed by atoms with van der Waals surface area (Å²) in [5, 5.41) is 0. The van der Waals surface area contributed by atoms with Crippen LogP contribution in [0.1, 0.15) is 59.9 Å². The number of imide groups is 1. The Balaban J connectivity index is 1.85. The fraction of sp³-hybridized carbons (Fsp3) is 0.457. The van der Waals surface area contributed by atoms with Crippen LogP contribution in [-0.2, 0) is 52.5 Å². The number of carbonyl (C=O) groups is 7. The molecule has 0 saturated carbocycles. The first kappa shape index (κ1) is 39.0. The van der Waals surface area contributed by atoms with Crippen molar-refractivity contribution < 1.29 is 57.2 Å². The second-order valence-corrected chi connectivity index (χ2v) is 15.6. The Bertz CT molecular complexity index is 1820. The maximum atomic E-state index is 14.4. The molecule has 52 heavy (non-hydrogen) atoms. The van der Waals surface area contributed by atoms with Crippen LogP contribution in [0.25, 0.3) is 5.57 Å². The van der Waals surface area contributed by atoms with Gasteiger partial charge < -0.3 is 28.6 Å². The lowest BCUT2D eigenvalue weighted by molar-refractivity contribution is -0.142. The molecule has 0 radical (unpaired) electrons. The fourth-order valence-electron chi connectivity index (χ4n) is 6.29. The Morgan fingerprint density at radius 3 is 1.75 bits per heavy atom. The molecule has 1 spiro atoms. The molecule has 0 aliphatic carbocycles. The molecular weight excluding hydrogens is 737 g/mol. The van der Waals surface area contributed by atoms with Crippen molar-refractivity contribution in [3.63, 3.8) is 0 Å². The number of benzene rings is 1. The number of thioether (sulfide) groups is 3. The number of likely N-dealkylation sites (tertiary alicyclic amines) is 1. The highest BCUT2D eigenvalue weighted by Crippen LogP contribution is 2.71. The highest BCUT2D eigenvalue weighted by Gasteiger charge is 2.62. The Hall–Kier alpha value is -4.22. The van der Waals surface area contributed by atoms with Crippen LogP contribution in [-0.4, -0.2) is 96.2 Å². The maximum absolute atomic E-state index is 14.4. The van der Waals surface area contributed by atoms with Crippen molar-refractivity contribution in [2.75, 3.05) is 45.0 Å². The summed E-state index contributed by atoms with van der Waals surface area (Å²) in [6.45, 7) is 9.13. The molecule has 0 bridgehead atoms. The van der Waals surface area contributed by atoms with Crippen molar-refractivity contribution in [1.82, 2.24) is 4.90 Å². The third kappa shape index (κ3) is 6.62. The molecule has 0 unspecified atom stereocenters. The highest BCUT2D eigenvalue weighted by molar-refractivity contribution is 8.26. The van der Waals surface area contributed by atoms with Gasteiger partial charge >= 0.3 is 23.9 Å². The number of ether oxygens (including phenoxy) is 5. The molecule has 1 fully saturated rings. The van der Waals surface area contributed by atoms with E-state index in [1.807, 2.05) is 0 Å². The molecule has 278 valence electrons. The lowest BCUT2D eigenvalue weighted by Crippen LogP contribution is -2.56. The minimum atomic E-state index is -1.78. The van der Waals surface area contributed by atoms with Gasteiger partial charge in [0.15, 0.2) is 0 Å². The number of methoxy groups -OCH3 is 1. The maximum Gasteiger partial charge on any atom is 0.346 e.